The summed E-state index contributed by atoms with van der Waals surface area (Å²) in [5, 5.41) is 7.48. The van der Waals surface area contributed by atoms with Crippen LogP contribution in [0.25, 0.3) is 0 Å². The number of ether oxygens (including phenoxy) is 2. The van der Waals surface area contributed by atoms with Gasteiger partial charge in [0.15, 0.2) is 0 Å². The Hall–Kier alpha value is -3.12. The number of fused-ring (bicyclic) bond motifs is 3. The largest absolute Gasteiger partial charge is 0.464 e. The fourth-order valence-electron chi connectivity index (χ4n) is 3.88. The van der Waals surface area contributed by atoms with Gasteiger partial charge in [-0.3, -0.25) is 0 Å². The summed E-state index contributed by atoms with van der Waals surface area (Å²) in [5.41, 5.74) is 3.82. The van der Waals surface area contributed by atoms with Crippen LogP contribution in [-0.2, 0) is 0 Å². The average Bonchev–Trinajstić information content (AvgIpc) is 3.20. The lowest BCUT2D eigenvalue weighted by Gasteiger charge is -2.38. The summed E-state index contributed by atoms with van der Waals surface area (Å²) in [7, 11) is 0. The number of rotatable bonds is 4. The van der Waals surface area contributed by atoms with Crippen LogP contribution >= 0.6 is 11.6 Å². The topological polar surface area (TPSA) is 34.1 Å². The fraction of sp³-hybridized carbons (Fsp3) is 0.174. The van der Waals surface area contributed by atoms with Gasteiger partial charge in [-0.15, -0.1) is 0 Å². The summed E-state index contributed by atoms with van der Waals surface area (Å²) in [4.78, 5) is 0. The zero-order valence-corrected chi connectivity index (χ0v) is 16.5. The Morgan fingerprint density at radius 1 is 1.00 bits per heavy atom. The molecule has 0 saturated carbocycles. The van der Waals surface area contributed by atoms with Crippen LogP contribution in [0.2, 0.25) is 5.02 Å². The van der Waals surface area contributed by atoms with Crippen LogP contribution in [0.5, 0.6) is 11.5 Å². The van der Waals surface area contributed by atoms with Crippen molar-refractivity contribution in [3.8, 4) is 11.5 Å². The first-order chi connectivity index (χ1) is 14.6. The molecule has 0 spiro atoms. The van der Waals surface area contributed by atoms with Crippen LogP contribution in [0.3, 0.4) is 0 Å². The van der Waals surface area contributed by atoms with E-state index in [0.717, 1.165) is 34.6 Å². The highest BCUT2D eigenvalue weighted by atomic mass is 35.5. The lowest BCUT2D eigenvalue weighted by molar-refractivity contribution is -0.0499. The van der Waals surface area contributed by atoms with Crippen molar-refractivity contribution in [1.29, 1.82) is 0 Å². The van der Waals surface area contributed by atoms with Crippen molar-refractivity contribution in [1.82, 2.24) is 5.01 Å². The quantitative estimate of drug-likeness (QED) is 0.499. The Bertz CT molecular complexity index is 1090. The monoisotopic (exact) mass is 426 g/mol. The van der Waals surface area contributed by atoms with Gasteiger partial charge < -0.3 is 9.47 Å². The first kappa shape index (κ1) is 18.9. The molecule has 5 rings (SSSR count). The van der Waals surface area contributed by atoms with Crippen LogP contribution in [0.15, 0.2) is 77.9 Å². The molecule has 2 aliphatic rings. The molecule has 4 nitrogen and oxygen atoms in total. The van der Waals surface area contributed by atoms with Crippen LogP contribution in [0, 0.1) is 0 Å². The maximum Gasteiger partial charge on any atom is 0.387 e. The van der Waals surface area contributed by atoms with E-state index in [1.165, 1.54) is 12.1 Å². The highest BCUT2D eigenvalue weighted by Crippen LogP contribution is 2.47. The Kier molecular flexibility index (Phi) is 4.79. The summed E-state index contributed by atoms with van der Waals surface area (Å²) >= 11 is 6.03. The van der Waals surface area contributed by atoms with Crippen LogP contribution in [0.4, 0.5) is 8.78 Å². The first-order valence-corrected chi connectivity index (χ1v) is 9.88. The van der Waals surface area contributed by atoms with Gasteiger partial charge in [-0.25, -0.2) is 5.01 Å². The van der Waals surface area contributed by atoms with Crippen LogP contribution in [-0.4, -0.2) is 17.3 Å². The van der Waals surface area contributed by atoms with Crippen molar-refractivity contribution in [3.63, 3.8) is 0 Å². The van der Waals surface area contributed by atoms with Crippen molar-refractivity contribution >= 4 is 17.3 Å². The van der Waals surface area contributed by atoms with Crippen molar-refractivity contribution < 1.29 is 18.3 Å². The van der Waals surface area contributed by atoms with E-state index in [2.05, 4.69) is 4.74 Å². The molecular formula is C23H17ClF2N2O2. The van der Waals surface area contributed by atoms with Gasteiger partial charge in [0.05, 0.1) is 11.8 Å². The zero-order chi connectivity index (χ0) is 20.7. The molecule has 0 bridgehead atoms. The second kappa shape index (κ2) is 7.61. The molecule has 0 aliphatic carbocycles. The smallest absolute Gasteiger partial charge is 0.387 e. The zero-order valence-electron chi connectivity index (χ0n) is 15.7. The Morgan fingerprint density at radius 2 is 1.73 bits per heavy atom. The second-order valence-electron chi connectivity index (χ2n) is 7.11. The van der Waals surface area contributed by atoms with E-state index in [-0.39, 0.29) is 11.8 Å². The Labute approximate surface area is 177 Å². The number of para-hydroxylation sites is 1. The molecule has 0 fully saturated rings. The van der Waals surface area contributed by atoms with Crippen molar-refractivity contribution in [2.75, 3.05) is 0 Å². The van der Waals surface area contributed by atoms with E-state index in [1.54, 1.807) is 12.1 Å². The lowest BCUT2D eigenvalue weighted by Crippen LogP contribution is -2.33. The van der Waals surface area contributed by atoms with Gasteiger partial charge in [-0.05, 0) is 48.0 Å². The molecule has 2 atom stereocenters. The van der Waals surface area contributed by atoms with Crippen molar-refractivity contribution in [2.45, 2.75) is 25.3 Å². The highest BCUT2D eigenvalue weighted by Gasteiger charge is 2.40. The fourth-order valence-corrected chi connectivity index (χ4v) is 4.01. The molecule has 0 radical (unpaired) electrons. The predicted molar refractivity (Wildman–Crippen MR) is 110 cm³/mol. The number of halogens is 3. The third-order valence-electron chi connectivity index (χ3n) is 5.27. The summed E-state index contributed by atoms with van der Waals surface area (Å²) in [6.45, 7) is -2.86. The van der Waals surface area contributed by atoms with Gasteiger partial charge >= 0.3 is 6.61 Å². The molecule has 7 heteroatoms. The molecule has 0 aromatic heterocycles. The van der Waals surface area contributed by atoms with Crippen molar-refractivity contribution in [3.05, 3.63) is 94.5 Å². The molecule has 0 N–H and O–H groups in total. The van der Waals surface area contributed by atoms with Crippen LogP contribution < -0.4 is 9.47 Å². The van der Waals surface area contributed by atoms with Gasteiger partial charge in [-0.2, -0.15) is 13.9 Å². The predicted octanol–water partition coefficient (Wildman–Crippen LogP) is 6.18. The molecule has 30 heavy (non-hydrogen) atoms. The maximum absolute atomic E-state index is 12.5. The molecule has 0 amide bonds. The van der Waals surface area contributed by atoms with Gasteiger partial charge in [-0.1, -0.05) is 41.9 Å². The number of hydrogen-bond donors (Lipinski definition) is 0. The third-order valence-corrected chi connectivity index (χ3v) is 5.52. The number of hydrogen-bond acceptors (Lipinski definition) is 4. The SMILES string of the molecule is FC(F)Oc1ccc([C@@H]2Oc3ccccc3[C@@H]3CC(c4ccc(Cl)cc4)=NN32)cc1. The number of benzene rings is 3. The normalized spacial score (nSPS) is 19.7. The molecule has 152 valence electrons. The van der Waals surface area contributed by atoms with Gasteiger partial charge in [0.1, 0.15) is 11.5 Å². The molecule has 3 aromatic carbocycles. The first-order valence-electron chi connectivity index (χ1n) is 9.50. The van der Waals surface area contributed by atoms with E-state index >= 15 is 0 Å². The molecule has 2 aliphatic heterocycles. The average molecular weight is 427 g/mol. The number of nitrogens with zero attached hydrogens (tertiary/aromatic N) is 2. The minimum atomic E-state index is -2.86. The highest BCUT2D eigenvalue weighted by molar-refractivity contribution is 6.30. The third kappa shape index (κ3) is 3.48. The number of hydrazone groups is 1. The minimum Gasteiger partial charge on any atom is -0.464 e. The van der Waals surface area contributed by atoms with E-state index in [1.807, 2.05) is 53.5 Å². The maximum atomic E-state index is 12.5. The standard InChI is InChI=1S/C23H17ClF2N2O2/c24-16-9-5-14(6-10-16)19-13-20-18-3-1-2-4-21(18)30-22(28(20)27-19)15-7-11-17(12-8-15)29-23(25)26/h1-12,20,22-23H,13H2/t20-,22-/m0/s1. The van der Waals surface area contributed by atoms with Crippen molar-refractivity contribution in [2.24, 2.45) is 5.10 Å². The lowest BCUT2D eigenvalue weighted by atomic mass is 9.96. The van der Waals surface area contributed by atoms with E-state index < -0.39 is 12.8 Å². The van der Waals surface area contributed by atoms with E-state index in [0.29, 0.717) is 5.02 Å². The molecule has 3 aromatic rings. The van der Waals surface area contributed by atoms with Gasteiger partial charge in [0, 0.05) is 22.6 Å². The second-order valence-corrected chi connectivity index (χ2v) is 7.55. The number of alkyl halides is 2. The minimum absolute atomic E-state index is 0.0163. The summed E-state index contributed by atoms with van der Waals surface area (Å²) in [5.74, 6) is 0.900. The van der Waals surface area contributed by atoms with Gasteiger partial charge in [0.25, 0.3) is 0 Å². The molecule has 0 unspecified atom stereocenters. The summed E-state index contributed by atoms with van der Waals surface area (Å²) < 4.78 is 35.7. The molecular weight excluding hydrogens is 410 g/mol. The van der Waals surface area contributed by atoms with E-state index in [9.17, 15) is 8.78 Å². The van der Waals surface area contributed by atoms with E-state index in [4.69, 9.17) is 21.4 Å². The Balaban J connectivity index is 1.51. The summed E-state index contributed by atoms with van der Waals surface area (Å²) in [6, 6.07) is 22.0. The Morgan fingerprint density at radius 3 is 2.47 bits per heavy atom. The van der Waals surface area contributed by atoms with Gasteiger partial charge in [0.2, 0.25) is 6.23 Å². The molecule has 2 heterocycles. The van der Waals surface area contributed by atoms with Crippen LogP contribution in [0.1, 0.15) is 35.4 Å². The molecule has 0 saturated heterocycles. The summed E-state index contributed by atoms with van der Waals surface area (Å²) in [6.07, 6.45) is 0.251.